The van der Waals surface area contributed by atoms with Crippen molar-refractivity contribution in [2.45, 2.75) is 40.2 Å². The maximum atomic E-state index is 5.55. The third-order valence-corrected chi connectivity index (χ3v) is 3.87. The monoisotopic (exact) mass is 264 g/mol. The SMILES string of the molecule is Cc1cc(C(C)NCCc2csc(C)n2)c(C)o1. The second-order valence-corrected chi connectivity index (χ2v) is 5.71. The molecule has 0 saturated heterocycles. The molecule has 0 amide bonds. The topological polar surface area (TPSA) is 38.1 Å². The van der Waals surface area contributed by atoms with Crippen LogP contribution in [-0.4, -0.2) is 11.5 Å². The maximum absolute atomic E-state index is 5.55. The average molecular weight is 264 g/mol. The van der Waals surface area contributed by atoms with Gasteiger partial charge in [0.15, 0.2) is 0 Å². The number of nitrogens with zero attached hydrogens (tertiary/aromatic N) is 1. The van der Waals surface area contributed by atoms with E-state index in [2.05, 4.69) is 28.7 Å². The molecular formula is C14H20N2OS. The molecule has 1 unspecified atom stereocenters. The van der Waals surface area contributed by atoms with Crippen LogP contribution in [0.4, 0.5) is 0 Å². The summed E-state index contributed by atoms with van der Waals surface area (Å²) in [5, 5.41) is 6.79. The zero-order chi connectivity index (χ0) is 13.1. The molecule has 0 saturated carbocycles. The summed E-state index contributed by atoms with van der Waals surface area (Å²) in [6.07, 6.45) is 0.977. The fraction of sp³-hybridized carbons (Fsp3) is 0.500. The molecule has 1 N–H and O–H groups in total. The Labute approximate surface area is 112 Å². The van der Waals surface area contributed by atoms with Gasteiger partial charge in [0.2, 0.25) is 0 Å². The molecule has 18 heavy (non-hydrogen) atoms. The largest absolute Gasteiger partial charge is 0.466 e. The van der Waals surface area contributed by atoms with Gasteiger partial charge in [0, 0.05) is 30.0 Å². The lowest BCUT2D eigenvalue weighted by Crippen LogP contribution is -2.21. The van der Waals surface area contributed by atoms with Crippen LogP contribution >= 0.6 is 11.3 Å². The Morgan fingerprint density at radius 3 is 2.72 bits per heavy atom. The minimum Gasteiger partial charge on any atom is -0.466 e. The van der Waals surface area contributed by atoms with Gasteiger partial charge in [0.1, 0.15) is 11.5 Å². The normalized spacial score (nSPS) is 12.9. The van der Waals surface area contributed by atoms with Crippen LogP contribution in [0.5, 0.6) is 0 Å². The molecule has 0 aromatic carbocycles. The smallest absolute Gasteiger partial charge is 0.105 e. The van der Waals surface area contributed by atoms with Gasteiger partial charge in [0.05, 0.1) is 10.7 Å². The highest BCUT2D eigenvalue weighted by Crippen LogP contribution is 2.21. The van der Waals surface area contributed by atoms with Crippen molar-refractivity contribution in [1.82, 2.24) is 10.3 Å². The van der Waals surface area contributed by atoms with Crippen molar-refractivity contribution in [1.29, 1.82) is 0 Å². The number of aromatic nitrogens is 1. The van der Waals surface area contributed by atoms with E-state index in [1.54, 1.807) is 11.3 Å². The molecule has 0 bridgehead atoms. The summed E-state index contributed by atoms with van der Waals surface area (Å²) in [7, 11) is 0. The predicted molar refractivity (Wildman–Crippen MR) is 75.2 cm³/mol. The summed E-state index contributed by atoms with van der Waals surface area (Å²) in [6.45, 7) is 9.16. The van der Waals surface area contributed by atoms with Crippen molar-refractivity contribution in [3.63, 3.8) is 0 Å². The van der Waals surface area contributed by atoms with Gasteiger partial charge in [0.25, 0.3) is 0 Å². The van der Waals surface area contributed by atoms with E-state index in [1.165, 1.54) is 11.3 Å². The van der Waals surface area contributed by atoms with Crippen molar-refractivity contribution in [3.8, 4) is 0 Å². The van der Waals surface area contributed by atoms with Gasteiger partial charge >= 0.3 is 0 Å². The number of furan rings is 1. The molecule has 0 aliphatic heterocycles. The predicted octanol–water partition coefficient (Wildman–Crippen LogP) is 3.55. The summed E-state index contributed by atoms with van der Waals surface area (Å²) < 4.78 is 5.55. The van der Waals surface area contributed by atoms with E-state index in [1.807, 2.05) is 20.8 Å². The molecule has 2 aromatic heterocycles. The highest BCUT2D eigenvalue weighted by Gasteiger charge is 2.11. The van der Waals surface area contributed by atoms with Gasteiger partial charge in [-0.15, -0.1) is 11.3 Å². The van der Waals surface area contributed by atoms with Gasteiger partial charge in [-0.25, -0.2) is 4.98 Å². The van der Waals surface area contributed by atoms with Crippen LogP contribution in [-0.2, 0) is 6.42 Å². The Morgan fingerprint density at radius 2 is 2.17 bits per heavy atom. The molecule has 3 nitrogen and oxygen atoms in total. The number of nitrogens with one attached hydrogen (secondary N) is 1. The lowest BCUT2D eigenvalue weighted by atomic mass is 10.1. The molecule has 0 aliphatic carbocycles. The van der Waals surface area contributed by atoms with Gasteiger partial charge in [-0.05, 0) is 33.8 Å². The molecular weight excluding hydrogens is 244 g/mol. The van der Waals surface area contributed by atoms with Crippen molar-refractivity contribution < 1.29 is 4.42 Å². The van der Waals surface area contributed by atoms with Crippen LogP contribution in [0, 0.1) is 20.8 Å². The Kier molecular flexibility index (Phi) is 4.19. The zero-order valence-electron chi connectivity index (χ0n) is 11.4. The summed E-state index contributed by atoms with van der Waals surface area (Å²) in [6, 6.07) is 2.43. The van der Waals surface area contributed by atoms with Gasteiger partial charge in [-0.3, -0.25) is 0 Å². The van der Waals surface area contributed by atoms with E-state index in [0.717, 1.165) is 29.5 Å². The van der Waals surface area contributed by atoms with Crippen molar-refractivity contribution >= 4 is 11.3 Å². The Hall–Kier alpha value is -1.13. The average Bonchev–Trinajstić information content (AvgIpc) is 2.85. The molecule has 2 heterocycles. The van der Waals surface area contributed by atoms with Crippen LogP contribution in [0.1, 0.15) is 40.8 Å². The first-order chi connectivity index (χ1) is 8.56. The second kappa shape index (κ2) is 5.67. The van der Waals surface area contributed by atoms with Crippen LogP contribution in [0.15, 0.2) is 15.9 Å². The van der Waals surface area contributed by atoms with E-state index in [-0.39, 0.29) is 0 Å². The van der Waals surface area contributed by atoms with Crippen LogP contribution in [0.3, 0.4) is 0 Å². The third kappa shape index (κ3) is 3.21. The minimum atomic E-state index is 0.321. The fourth-order valence-corrected chi connectivity index (χ4v) is 2.78. The molecule has 1 atom stereocenters. The number of hydrogen-bond donors (Lipinski definition) is 1. The zero-order valence-corrected chi connectivity index (χ0v) is 12.2. The summed E-state index contributed by atoms with van der Waals surface area (Å²) in [5.74, 6) is 1.99. The van der Waals surface area contributed by atoms with E-state index >= 15 is 0 Å². The lowest BCUT2D eigenvalue weighted by molar-refractivity contribution is 0.490. The molecule has 0 radical (unpaired) electrons. The van der Waals surface area contributed by atoms with Gasteiger partial charge < -0.3 is 9.73 Å². The van der Waals surface area contributed by atoms with Crippen molar-refractivity contribution in [2.75, 3.05) is 6.54 Å². The summed E-state index contributed by atoms with van der Waals surface area (Å²) in [5.41, 5.74) is 2.43. The van der Waals surface area contributed by atoms with Crippen LogP contribution in [0.25, 0.3) is 0 Å². The number of rotatable bonds is 5. The van der Waals surface area contributed by atoms with Gasteiger partial charge in [-0.2, -0.15) is 0 Å². The van der Waals surface area contributed by atoms with E-state index < -0.39 is 0 Å². The van der Waals surface area contributed by atoms with Crippen LogP contribution < -0.4 is 5.32 Å². The van der Waals surface area contributed by atoms with Crippen molar-refractivity contribution in [3.05, 3.63) is 39.2 Å². The lowest BCUT2D eigenvalue weighted by Gasteiger charge is -2.12. The van der Waals surface area contributed by atoms with Crippen molar-refractivity contribution in [2.24, 2.45) is 0 Å². The number of thiazole rings is 1. The Morgan fingerprint density at radius 1 is 1.39 bits per heavy atom. The standard InChI is InChI=1S/C14H20N2OS/c1-9-7-14(11(3)17-9)10(2)15-6-5-13-8-18-12(4)16-13/h7-8,10,15H,5-6H2,1-4H3. The first-order valence-corrected chi connectivity index (χ1v) is 7.15. The second-order valence-electron chi connectivity index (χ2n) is 4.65. The molecule has 98 valence electrons. The molecule has 0 aliphatic rings. The quantitative estimate of drug-likeness (QED) is 0.897. The fourth-order valence-electron chi connectivity index (χ4n) is 2.13. The maximum Gasteiger partial charge on any atom is 0.105 e. The van der Waals surface area contributed by atoms with E-state index in [9.17, 15) is 0 Å². The summed E-state index contributed by atoms with van der Waals surface area (Å²) >= 11 is 1.71. The Bertz CT molecular complexity index is 516. The highest BCUT2D eigenvalue weighted by atomic mass is 32.1. The van der Waals surface area contributed by atoms with Gasteiger partial charge in [-0.1, -0.05) is 0 Å². The molecule has 2 rings (SSSR count). The summed E-state index contributed by atoms with van der Waals surface area (Å²) in [4.78, 5) is 4.46. The highest BCUT2D eigenvalue weighted by molar-refractivity contribution is 7.09. The molecule has 4 heteroatoms. The molecule has 0 fully saturated rings. The van der Waals surface area contributed by atoms with E-state index in [0.29, 0.717) is 6.04 Å². The third-order valence-electron chi connectivity index (χ3n) is 3.04. The molecule has 2 aromatic rings. The Balaban J connectivity index is 1.85. The molecule has 0 spiro atoms. The number of aryl methyl sites for hydroxylation is 3. The first-order valence-electron chi connectivity index (χ1n) is 6.27. The van der Waals surface area contributed by atoms with Crippen LogP contribution in [0.2, 0.25) is 0 Å². The number of hydrogen-bond acceptors (Lipinski definition) is 4. The first kappa shape index (κ1) is 13.3. The minimum absolute atomic E-state index is 0.321. The van der Waals surface area contributed by atoms with E-state index in [4.69, 9.17) is 4.42 Å².